The van der Waals surface area contributed by atoms with Crippen LogP contribution in [0.3, 0.4) is 0 Å². The van der Waals surface area contributed by atoms with Crippen LogP contribution in [0.25, 0.3) is 11.1 Å². The molecular weight excluding hydrogens is 332 g/mol. The first-order chi connectivity index (χ1) is 12.8. The van der Waals surface area contributed by atoms with Gasteiger partial charge in [-0.1, -0.05) is 102 Å². The fraction of sp³-hybridized carbons (Fsp3) is 0.0870. The van der Waals surface area contributed by atoms with E-state index in [-0.39, 0.29) is 0 Å². The zero-order valence-electron chi connectivity index (χ0n) is 14.9. The lowest BCUT2D eigenvalue weighted by Gasteiger charge is -2.29. The van der Waals surface area contributed by atoms with Crippen LogP contribution in [0.15, 0.2) is 104 Å². The van der Waals surface area contributed by atoms with Crippen molar-refractivity contribution >= 4 is 18.4 Å². The Morgan fingerprint density at radius 1 is 0.731 bits per heavy atom. The predicted octanol–water partition coefficient (Wildman–Crippen LogP) is 3.98. The standard InChI is InChI=1S/C23H22N2Si/c1-26(19-25-17-16-24-18-25,22-10-6-3-7-11-22)23-14-12-21(13-15-23)20-8-4-2-5-9-20/h2-18H,19H2,1H3. The summed E-state index contributed by atoms with van der Waals surface area (Å²) in [5.74, 6) is 0. The molecule has 0 saturated carbocycles. The van der Waals surface area contributed by atoms with E-state index >= 15 is 0 Å². The maximum atomic E-state index is 4.23. The lowest BCUT2D eigenvalue weighted by atomic mass is 10.1. The molecule has 0 aliphatic carbocycles. The van der Waals surface area contributed by atoms with Crippen molar-refractivity contribution in [2.45, 2.75) is 12.7 Å². The van der Waals surface area contributed by atoms with Crippen LogP contribution in [0.4, 0.5) is 0 Å². The summed E-state index contributed by atoms with van der Waals surface area (Å²) in [6.07, 6.45) is 6.83. The summed E-state index contributed by atoms with van der Waals surface area (Å²) in [5.41, 5.74) is 2.53. The normalized spacial score (nSPS) is 13.3. The Kier molecular flexibility index (Phi) is 4.55. The van der Waals surface area contributed by atoms with Gasteiger partial charge in [0.25, 0.3) is 0 Å². The van der Waals surface area contributed by atoms with Gasteiger partial charge in [0, 0.05) is 18.6 Å². The lowest BCUT2D eigenvalue weighted by molar-refractivity contribution is 0.858. The van der Waals surface area contributed by atoms with Gasteiger partial charge >= 0.3 is 0 Å². The van der Waals surface area contributed by atoms with E-state index in [9.17, 15) is 0 Å². The van der Waals surface area contributed by atoms with E-state index in [1.807, 2.05) is 12.5 Å². The zero-order valence-corrected chi connectivity index (χ0v) is 15.9. The largest absolute Gasteiger partial charge is 0.340 e. The van der Waals surface area contributed by atoms with Gasteiger partial charge in [0.1, 0.15) is 8.07 Å². The highest BCUT2D eigenvalue weighted by molar-refractivity contribution is 7.00. The van der Waals surface area contributed by atoms with Gasteiger partial charge in [-0.05, 0) is 11.1 Å². The van der Waals surface area contributed by atoms with Gasteiger partial charge in [-0.3, -0.25) is 0 Å². The van der Waals surface area contributed by atoms with Crippen molar-refractivity contribution in [1.82, 2.24) is 9.55 Å². The average Bonchev–Trinajstić information content (AvgIpc) is 3.22. The smallest absolute Gasteiger partial charge is 0.135 e. The molecule has 0 amide bonds. The van der Waals surface area contributed by atoms with Crippen LogP contribution < -0.4 is 10.4 Å². The van der Waals surface area contributed by atoms with Crippen molar-refractivity contribution < 1.29 is 0 Å². The van der Waals surface area contributed by atoms with E-state index < -0.39 is 8.07 Å². The molecule has 4 rings (SSSR count). The second kappa shape index (κ2) is 7.14. The Bertz CT molecular complexity index is 948. The number of rotatable bonds is 5. The molecule has 0 spiro atoms. The predicted molar refractivity (Wildman–Crippen MR) is 111 cm³/mol. The maximum absolute atomic E-state index is 4.23. The molecule has 4 aromatic rings. The third-order valence-corrected chi connectivity index (χ3v) is 9.31. The van der Waals surface area contributed by atoms with Gasteiger partial charge in [0.2, 0.25) is 0 Å². The number of benzene rings is 3. The topological polar surface area (TPSA) is 17.8 Å². The summed E-state index contributed by atoms with van der Waals surface area (Å²) in [5, 5.41) is 2.89. The van der Waals surface area contributed by atoms with Gasteiger partial charge in [-0.2, -0.15) is 0 Å². The molecule has 0 radical (unpaired) electrons. The van der Waals surface area contributed by atoms with Crippen LogP contribution in [0.2, 0.25) is 6.55 Å². The minimum absolute atomic E-state index is 0.988. The molecule has 0 N–H and O–H groups in total. The minimum Gasteiger partial charge on any atom is -0.340 e. The quantitative estimate of drug-likeness (QED) is 0.496. The van der Waals surface area contributed by atoms with Crippen LogP contribution in [0.1, 0.15) is 0 Å². The molecule has 3 heteroatoms. The molecule has 0 saturated heterocycles. The number of imidazole rings is 1. The first-order valence-corrected chi connectivity index (χ1v) is 11.6. The number of aromatic nitrogens is 2. The first-order valence-electron chi connectivity index (χ1n) is 8.93. The van der Waals surface area contributed by atoms with Crippen LogP contribution in [0, 0.1) is 0 Å². The SMILES string of the molecule is C[Si](Cn1ccnc1)(c1ccccc1)c1ccc(-c2ccccc2)cc1. The molecule has 1 atom stereocenters. The average molecular weight is 355 g/mol. The third kappa shape index (κ3) is 3.26. The van der Waals surface area contributed by atoms with Gasteiger partial charge in [0.15, 0.2) is 0 Å². The van der Waals surface area contributed by atoms with Crippen molar-refractivity contribution in [1.29, 1.82) is 0 Å². The summed E-state index contributed by atoms with van der Waals surface area (Å²) in [6.45, 7) is 2.44. The van der Waals surface area contributed by atoms with Gasteiger partial charge < -0.3 is 4.57 Å². The summed E-state index contributed by atoms with van der Waals surface area (Å²) in [6, 6.07) is 30.6. The van der Waals surface area contributed by atoms with Crippen LogP contribution in [-0.4, -0.2) is 17.6 Å². The highest BCUT2D eigenvalue weighted by Gasteiger charge is 2.32. The summed E-state index contributed by atoms with van der Waals surface area (Å²) >= 11 is 0. The third-order valence-electron chi connectivity index (χ3n) is 5.10. The highest BCUT2D eigenvalue weighted by Crippen LogP contribution is 2.19. The van der Waals surface area contributed by atoms with Gasteiger partial charge in [-0.15, -0.1) is 0 Å². The molecule has 1 unspecified atom stereocenters. The van der Waals surface area contributed by atoms with Gasteiger partial charge in [-0.25, -0.2) is 4.98 Å². The van der Waals surface area contributed by atoms with Crippen molar-refractivity contribution in [3.8, 4) is 11.1 Å². The molecule has 0 fully saturated rings. The van der Waals surface area contributed by atoms with Gasteiger partial charge in [0.05, 0.1) is 6.33 Å². The van der Waals surface area contributed by atoms with Crippen molar-refractivity contribution in [2.24, 2.45) is 0 Å². The molecule has 1 heterocycles. The van der Waals surface area contributed by atoms with E-state index in [0.717, 1.165) is 6.17 Å². The van der Waals surface area contributed by atoms with Crippen LogP contribution >= 0.6 is 0 Å². The molecular formula is C23H22N2Si. The first kappa shape index (κ1) is 16.5. The number of hydrogen-bond acceptors (Lipinski definition) is 1. The van der Waals surface area contributed by atoms with Crippen molar-refractivity contribution in [2.75, 3.05) is 0 Å². The Balaban J connectivity index is 1.74. The second-order valence-electron chi connectivity index (χ2n) is 6.88. The van der Waals surface area contributed by atoms with E-state index in [1.165, 1.54) is 21.5 Å². The second-order valence-corrected chi connectivity index (χ2v) is 11.0. The Labute approximate surface area is 155 Å². The molecule has 0 aliphatic rings. The lowest BCUT2D eigenvalue weighted by Crippen LogP contribution is -2.58. The fourth-order valence-corrected chi connectivity index (χ4v) is 7.01. The Morgan fingerprint density at radius 2 is 1.31 bits per heavy atom. The molecule has 1 aromatic heterocycles. The van der Waals surface area contributed by atoms with E-state index in [2.05, 4.69) is 107 Å². The highest BCUT2D eigenvalue weighted by atomic mass is 28.3. The van der Waals surface area contributed by atoms with E-state index in [1.54, 1.807) is 0 Å². The monoisotopic (exact) mass is 354 g/mol. The van der Waals surface area contributed by atoms with Crippen LogP contribution in [0.5, 0.6) is 0 Å². The fourth-order valence-electron chi connectivity index (χ4n) is 3.56. The number of nitrogens with zero attached hydrogens (tertiary/aromatic N) is 2. The molecule has 26 heavy (non-hydrogen) atoms. The summed E-state index contributed by atoms with van der Waals surface area (Å²) in [7, 11) is -1.91. The maximum Gasteiger partial charge on any atom is 0.135 e. The van der Waals surface area contributed by atoms with E-state index in [0.29, 0.717) is 0 Å². The molecule has 128 valence electrons. The van der Waals surface area contributed by atoms with Crippen molar-refractivity contribution in [3.05, 3.63) is 104 Å². The van der Waals surface area contributed by atoms with Crippen molar-refractivity contribution in [3.63, 3.8) is 0 Å². The molecule has 3 aromatic carbocycles. The van der Waals surface area contributed by atoms with E-state index in [4.69, 9.17) is 0 Å². The number of hydrogen-bond donors (Lipinski definition) is 0. The molecule has 0 bridgehead atoms. The molecule has 0 aliphatic heterocycles. The Morgan fingerprint density at radius 3 is 1.92 bits per heavy atom. The molecule has 2 nitrogen and oxygen atoms in total. The summed E-state index contributed by atoms with van der Waals surface area (Å²) < 4.78 is 2.21. The Hall–Kier alpha value is -2.91. The van der Waals surface area contributed by atoms with Crippen LogP contribution in [-0.2, 0) is 6.17 Å². The summed E-state index contributed by atoms with van der Waals surface area (Å²) in [4.78, 5) is 4.23. The zero-order chi connectivity index (χ0) is 17.8. The minimum atomic E-state index is -1.91.